The van der Waals surface area contributed by atoms with Gasteiger partial charge in [-0.25, -0.2) is 4.79 Å². The Labute approximate surface area is 130 Å². The van der Waals surface area contributed by atoms with Gasteiger partial charge in [-0.15, -0.1) is 0 Å². The molecule has 2 aliphatic heterocycles. The molecule has 2 aliphatic rings. The van der Waals surface area contributed by atoms with E-state index in [1.54, 1.807) is 0 Å². The summed E-state index contributed by atoms with van der Waals surface area (Å²) in [4.78, 5) is 27.4. The summed E-state index contributed by atoms with van der Waals surface area (Å²) in [5.74, 6) is -0.107. The molecule has 0 unspecified atom stereocenters. The first-order chi connectivity index (χ1) is 10.5. The van der Waals surface area contributed by atoms with Gasteiger partial charge in [0.15, 0.2) is 0 Å². The van der Waals surface area contributed by atoms with E-state index in [9.17, 15) is 9.59 Å². The molecule has 1 atom stereocenters. The SMILES string of the molecule is CC(=Cc1ccccc1)CN1CC[C@@]2(C1)NC(=O)N(C)C2=O. The standard InChI is InChI=1S/C17H21N3O2/c1-13(10-14-6-4-3-5-7-14)11-20-9-8-17(12-20)15(21)19(2)16(22)18-17/h3-7,10H,8-9,11-12H2,1-2H3,(H,18,22)/t17-/m0/s1. The van der Waals surface area contributed by atoms with Crippen LogP contribution < -0.4 is 5.32 Å². The molecule has 0 aromatic heterocycles. The summed E-state index contributed by atoms with van der Waals surface area (Å²) in [6.45, 7) is 4.31. The fourth-order valence-electron chi connectivity index (χ4n) is 3.29. The second-order valence-corrected chi connectivity index (χ2v) is 6.24. The molecule has 2 saturated heterocycles. The third kappa shape index (κ3) is 2.64. The van der Waals surface area contributed by atoms with Crippen LogP contribution in [0.15, 0.2) is 35.9 Å². The van der Waals surface area contributed by atoms with E-state index < -0.39 is 5.54 Å². The Bertz CT molecular complexity index is 626. The topological polar surface area (TPSA) is 52.7 Å². The highest BCUT2D eigenvalue weighted by molar-refractivity contribution is 6.07. The van der Waals surface area contributed by atoms with Crippen LogP contribution >= 0.6 is 0 Å². The molecule has 1 aromatic rings. The summed E-state index contributed by atoms with van der Waals surface area (Å²) in [5.41, 5.74) is 1.71. The number of hydrogen-bond donors (Lipinski definition) is 1. The van der Waals surface area contributed by atoms with Crippen LogP contribution in [-0.2, 0) is 4.79 Å². The number of amides is 3. The highest BCUT2D eigenvalue weighted by Gasteiger charge is 2.53. The molecule has 0 bridgehead atoms. The summed E-state index contributed by atoms with van der Waals surface area (Å²) >= 11 is 0. The lowest BCUT2D eigenvalue weighted by Gasteiger charge is -2.21. The number of nitrogens with zero attached hydrogens (tertiary/aromatic N) is 2. The van der Waals surface area contributed by atoms with Crippen LogP contribution in [0.25, 0.3) is 6.08 Å². The predicted octanol–water partition coefficient (Wildman–Crippen LogP) is 1.72. The van der Waals surface area contributed by atoms with Gasteiger partial charge in [0, 0.05) is 26.7 Å². The van der Waals surface area contributed by atoms with Crippen LogP contribution in [0, 0.1) is 0 Å². The van der Waals surface area contributed by atoms with Crippen LogP contribution in [0.2, 0.25) is 0 Å². The molecule has 1 N–H and O–H groups in total. The number of nitrogens with one attached hydrogen (secondary N) is 1. The van der Waals surface area contributed by atoms with Crippen molar-refractivity contribution in [3.05, 3.63) is 41.5 Å². The lowest BCUT2D eigenvalue weighted by molar-refractivity contribution is -0.129. The van der Waals surface area contributed by atoms with Crippen molar-refractivity contribution in [1.82, 2.24) is 15.1 Å². The van der Waals surface area contributed by atoms with Crippen molar-refractivity contribution in [1.29, 1.82) is 0 Å². The lowest BCUT2D eigenvalue weighted by Crippen LogP contribution is -2.49. The van der Waals surface area contributed by atoms with Gasteiger partial charge in [-0.2, -0.15) is 0 Å². The van der Waals surface area contributed by atoms with Gasteiger partial charge >= 0.3 is 6.03 Å². The number of imide groups is 1. The third-order valence-corrected chi connectivity index (χ3v) is 4.40. The molecule has 5 heteroatoms. The Morgan fingerprint density at radius 3 is 2.68 bits per heavy atom. The molecule has 116 valence electrons. The average molecular weight is 299 g/mol. The van der Waals surface area contributed by atoms with E-state index >= 15 is 0 Å². The van der Waals surface area contributed by atoms with Gasteiger partial charge in [0.05, 0.1) is 0 Å². The van der Waals surface area contributed by atoms with E-state index in [0.717, 1.165) is 13.1 Å². The van der Waals surface area contributed by atoms with Crippen molar-refractivity contribution in [2.45, 2.75) is 18.9 Å². The Hall–Kier alpha value is -2.14. The second kappa shape index (κ2) is 5.57. The smallest absolute Gasteiger partial charge is 0.322 e. The summed E-state index contributed by atoms with van der Waals surface area (Å²) in [6, 6.07) is 9.90. The van der Waals surface area contributed by atoms with Gasteiger partial charge in [0.25, 0.3) is 5.91 Å². The fourth-order valence-corrected chi connectivity index (χ4v) is 3.29. The van der Waals surface area contributed by atoms with Gasteiger partial charge in [0.2, 0.25) is 0 Å². The Morgan fingerprint density at radius 1 is 1.32 bits per heavy atom. The minimum absolute atomic E-state index is 0.107. The molecule has 22 heavy (non-hydrogen) atoms. The zero-order valence-electron chi connectivity index (χ0n) is 13.0. The van der Waals surface area contributed by atoms with Crippen molar-refractivity contribution in [3.63, 3.8) is 0 Å². The van der Waals surface area contributed by atoms with Gasteiger partial charge in [-0.1, -0.05) is 42.0 Å². The highest BCUT2D eigenvalue weighted by Crippen LogP contribution is 2.28. The first-order valence-electron chi connectivity index (χ1n) is 7.55. The minimum atomic E-state index is -0.709. The number of carbonyl (C=O) groups is 2. The van der Waals surface area contributed by atoms with Crippen LogP contribution in [-0.4, -0.2) is 54.0 Å². The van der Waals surface area contributed by atoms with Crippen molar-refractivity contribution in [2.75, 3.05) is 26.7 Å². The van der Waals surface area contributed by atoms with E-state index in [4.69, 9.17) is 0 Å². The zero-order valence-corrected chi connectivity index (χ0v) is 13.0. The van der Waals surface area contributed by atoms with Gasteiger partial charge < -0.3 is 5.32 Å². The summed E-state index contributed by atoms with van der Waals surface area (Å²) < 4.78 is 0. The maximum atomic E-state index is 12.3. The zero-order chi connectivity index (χ0) is 15.7. The monoisotopic (exact) mass is 299 g/mol. The molecule has 0 aliphatic carbocycles. The highest BCUT2D eigenvalue weighted by atomic mass is 16.2. The van der Waals surface area contributed by atoms with Crippen LogP contribution in [0.3, 0.4) is 0 Å². The second-order valence-electron chi connectivity index (χ2n) is 6.24. The fraction of sp³-hybridized carbons (Fsp3) is 0.412. The molecule has 1 spiro atoms. The van der Waals surface area contributed by atoms with Gasteiger partial charge in [-0.05, 0) is 18.9 Å². The Balaban J connectivity index is 1.65. The lowest BCUT2D eigenvalue weighted by atomic mass is 9.99. The number of likely N-dealkylation sites (N-methyl/N-ethyl adjacent to an activating group) is 1. The van der Waals surface area contributed by atoms with Crippen molar-refractivity contribution in [2.24, 2.45) is 0 Å². The molecular weight excluding hydrogens is 278 g/mol. The molecule has 0 saturated carbocycles. The number of likely N-dealkylation sites (tertiary alicyclic amines) is 1. The Morgan fingerprint density at radius 2 is 2.05 bits per heavy atom. The molecule has 2 heterocycles. The first kappa shape index (κ1) is 14.8. The summed E-state index contributed by atoms with van der Waals surface area (Å²) in [5, 5.41) is 2.86. The Kier molecular flexibility index (Phi) is 3.74. The normalized spacial score (nSPS) is 26.1. The van der Waals surface area contributed by atoms with E-state index in [1.807, 2.05) is 18.2 Å². The number of benzene rings is 1. The minimum Gasteiger partial charge on any atom is -0.322 e. The maximum Gasteiger partial charge on any atom is 0.324 e. The third-order valence-electron chi connectivity index (χ3n) is 4.40. The van der Waals surface area contributed by atoms with E-state index in [-0.39, 0.29) is 11.9 Å². The van der Waals surface area contributed by atoms with E-state index in [2.05, 4.69) is 35.3 Å². The molecule has 1 aromatic carbocycles. The van der Waals surface area contributed by atoms with Crippen LogP contribution in [0.4, 0.5) is 4.79 Å². The first-order valence-corrected chi connectivity index (χ1v) is 7.55. The number of urea groups is 1. The molecule has 5 nitrogen and oxygen atoms in total. The summed E-state index contributed by atoms with van der Waals surface area (Å²) in [7, 11) is 1.54. The van der Waals surface area contributed by atoms with Crippen molar-refractivity contribution >= 4 is 18.0 Å². The quantitative estimate of drug-likeness (QED) is 0.865. The van der Waals surface area contributed by atoms with E-state index in [1.165, 1.54) is 23.1 Å². The largest absolute Gasteiger partial charge is 0.324 e. The van der Waals surface area contributed by atoms with Gasteiger partial charge in [0.1, 0.15) is 5.54 Å². The number of carbonyl (C=O) groups excluding carboxylic acids is 2. The molecule has 3 rings (SSSR count). The van der Waals surface area contributed by atoms with Crippen LogP contribution in [0.1, 0.15) is 18.9 Å². The predicted molar refractivity (Wildman–Crippen MR) is 85.2 cm³/mol. The van der Waals surface area contributed by atoms with E-state index in [0.29, 0.717) is 13.0 Å². The summed E-state index contributed by atoms with van der Waals surface area (Å²) in [6.07, 6.45) is 2.84. The maximum absolute atomic E-state index is 12.3. The molecular formula is C17H21N3O2. The number of hydrogen-bond acceptors (Lipinski definition) is 3. The molecule has 3 amide bonds. The molecule has 2 fully saturated rings. The van der Waals surface area contributed by atoms with Crippen molar-refractivity contribution in [3.8, 4) is 0 Å². The van der Waals surface area contributed by atoms with Crippen molar-refractivity contribution < 1.29 is 9.59 Å². The average Bonchev–Trinajstić information content (AvgIpc) is 2.98. The number of rotatable bonds is 3. The molecule has 0 radical (unpaired) electrons. The van der Waals surface area contributed by atoms with Crippen LogP contribution in [0.5, 0.6) is 0 Å². The van der Waals surface area contributed by atoms with Gasteiger partial charge in [-0.3, -0.25) is 14.6 Å².